The Morgan fingerprint density at radius 3 is 2.19 bits per heavy atom. The third-order valence-electron chi connectivity index (χ3n) is 2.43. The summed E-state index contributed by atoms with van der Waals surface area (Å²) in [7, 11) is -5.89. The molecule has 1 aromatic rings. The third kappa shape index (κ3) is 4.48. The zero-order valence-corrected chi connectivity index (χ0v) is 11.5. The van der Waals surface area contributed by atoms with Gasteiger partial charge in [0.25, 0.3) is 0 Å². The van der Waals surface area contributed by atoms with Crippen LogP contribution in [0.2, 0.25) is 0 Å². The van der Waals surface area contributed by atoms with E-state index in [1.54, 1.807) is 30.3 Å². The molecule has 0 aromatic heterocycles. The Morgan fingerprint density at radius 1 is 1.24 bits per heavy atom. The smallest absolute Gasteiger partial charge is 0.478 e. The number of hydrogen-bond donors (Lipinski definition) is 1. The Bertz CT molecular complexity index is 647. The molecule has 0 amide bonds. The van der Waals surface area contributed by atoms with Crippen LogP contribution in [0.1, 0.15) is 12.5 Å². The van der Waals surface area contributed by atoms with E-state index in [9.17, 15) is 26.4 Å². The van der Waals surface area contributed by atoms with Gasteiger partial charge in [0, 0.05) is 6.42 Å². The number of allylic oxidation sites excluding steroid dienone is 1. The number of carboxylic acid groups (broad SMARTS) is 1. The summed E-state index contributed by atoms with van der Waals surface area (Å²) in [6.07, 6.45) is -0.268. The first-order valence-corrected chi connectivity index (χ1v) is 6.93. The molecule has 116 valence electrons. The first kappa shape index (κ1) is 17.0. The van der Waals surface area contributed by atoms with Crippen molar-refractivity contribution in [1.29, 1.82) is 0 Å². The van der Waals surface area contributed by atoms with Gasteiger partial charge in [-0.1, -0.05) is 30.3 Å². The average molecular weight is 324 g/mol. The highest BCUT2D eigenvalue weighted by molar-refractivity contribution is 7.87. The molecule has 0 unspecified atom stereocenters. The Morgan fingerprint density at radius 2 is 1.76 bits per heavy atom. The quantitative estimate of drug-likeness (QED) is 0.389. The van der Waals surface area contributed by atoms with Crippen molar-refractivity contribution in [3.05, 3.63) is 47.2 Å². The molecule has 0 bridgehead atoms. The SMILES string of the molecule is CC(OS(=O)(=O)C(F)(F)F)=C(Cc1ccccc1)C(=O)O. The molecule has 0 heterocycles. The summed E-state index contributed by atoms with van der Waals surface area (Å²) in [6.45, 7) is 0.857. The van der Waals surface area contributed by atoms with Gasteiger partial charge in [-0.25, -0.2) is 4.79 Å². The molecule has 0 fully saturated rings. The lowest BCUT2D eigenvalue weighted by Crippen LogP contribution is -2.26. The van der Waals surface area contributed by atoms with E-state index in [1.807, 2.05) is 0 Å². The summed E-state index contributed by atoms with van der Waals surface area (Å²) in [6, 6.07) is 7.99. The second kappa shape index (κ2) is 6.17. The number of halogens is 3. The van der Waals surface area contributed by atoms with Crippen LogP contribution in [0.4, 0.5) is 13.2 Å². The van der Waals surface area contributed by atoms with Crippen molar-refractivity contribution in [2.24, 2.45) is 0 Å². The lowest BCUT2D eigenvalue weighted by atomic mass is 10.0. The van der Waals surface area contributed by atoms with Gasteiger partial charge in [0.2, 0.25) is 0 Å². The van der Waals surface area contributed by atoms with Crippen molar-refractivity contribution < 1.29 is 35.7 Å². The van der Waals surface area contributed by atoms with Gasteiger partial charge < -0.3 is 9.29 Å². The summed E-state index contributed by atoms with van der Waals surface area (Å²) in [5.74, 6) is -2.39. The van der Waals surface area contributed by atoms with Crippen LogP contribution in [-0.2, 0) is 25.5 Å². The van der Waals surface area contributed by atoms with Gasteiger partial charge >= 0.3 is 21.6 Å². The number of carbonyl (C=O) groups is 1. The minimum Gasteiger partial charge on any atom is -0.478 e. The molecule has 5 nitrogen and oxygen atoms in total. The molecule has 0 saturated carbocycles. The summed E-state index contributed by atoms with van der Waals surface area (Å²) in [5, 5.41) is 8.99. The standard InChI is InChI=1S/C12H11F3O5S/c1-8(20-21(18,19)12(13,14)15)10(11(16)17)7-9-5-3-2-4-6-9/h2-6H,7H2,1H3,(H,16,17). The summed E-state index contributed by atoms with van der Waals surface area (Å²) in [4.78, 5) is 11.1. The van der Waals surface area contributed by atoms with E-state index in [0.29, 0.717) is 5.56 Å². The molecule has 0 saturated heterocycles. The van der Waals surface area contributed by atoms with E-state index < -0.39 is 32.9 Å². The van der Waals surface area contributed by atoms with E-state index in [2.05, 4.69) is 4.18 Å². The fourth-order valence-corrected chi connectivity index (χ4v) is 1.94. The zero-order valence-electron chi connectivity index (χ0n) is 10.7. The molecule has 0 spiro atoms. The molecular weight excluding hydrogens is 313 g/mol. The summed E-state index contributed by atoms with van der Waals surface area (Å²) in [5.41, 5.74) is -5.71. The monoisotopic (exact) mass is 324 g/mol. The summed E-state index contributed by atoms with van der Waals surface area (Å²) >= 11 is 0. The van der Waals surface area contributed by atoms with Crippen molar-refractivity contribution in [3.8, 4) is 0 Å². The Labute approximate surface area is 118 Å². The fraction of sp³-hybridized carbons (Fsp3) is 0.250. The molecule has 21 heavy (non-hydrogen) atoms. The number of alkyl halides is 3. The first-order chi connectivity index (χ1) is 9.54. The van der Waals surface area contributed by atoms with Crippen LogP contribution in [0.3, 0.4) is 0 Å². The molecular formula is C12H11F3O5S. The van der Waals surface area contributed by atoms with Crippen LogP contribution in [0.15, 0.2) is 41.7 Å². The minimum absolute atomic E-state index is 0.268. The summed E-state index contributed by atoms with van der Waals surface area (Å²) < 4.78 is 62.2. The third-order valence-corrected chi connectivity index (χ3v) is 3.46. The molecule has 0 aliphatic heterocycles. The number of aliphatic carboxylic acids is 1. The van der Waals surface area contributed by atoms with Crippen LogP contribution in [0, 0.1) is 0 Å². The lowest BCUT2D eigenvalue weighted by molar-refractivity contribution is -0.133. The van der Waals surface area contributed by atoms with Crippen molar-refractivity contribution >= 4 is 16.1 Å². The van der Waals surface area contributed by atoms with E-state index in [0.717, 1.165) is 6.92 Å². The van der Waals surface area contributed by atoms with Crippen LogP contribution in [0.5, 0.6) is 0 Å². The predicted molar refractivity (Wildman–Crippen MR) is 66.5 cm³/mol. The molecule has 0 aliphatic carbocycles. The van der Waals surface area contributed by atoms with Gasteiger partial charge in [-0.15, -0.1) is 0 Å². The van der Waals surface area contributed by atoms with E-state index in [4.69, 9.17) is 5.11 Å². The van der Waals surface area contributed by atoms with Crippen molar-refractivity contribution in [2.75, 3.05) is 0 Å². The maximum absolute atomic E-state index is 12.2. The van der Waals surface area contributed by atoms with Crippen molar-refractivity contribution in [3.63, 3.8) is 0 Å². The van der Waals surface area contributed by atoms with Gasteiger partial charge in [0.1, 0.15) is 5.76 Å². The molecule has 1 rings (SSSR count). The van der Waals surface area contributed by atoms with Gasteiger partial charge in [0.15, 0.2) is 0 Å². The van der Waals surface area contributed by atoms with Crippen LogP contribution < -0.4 is 0 Å². The minimum atomic E-state index is -5.89. The fourth-order valence-electron chi connectivity index (χ4n) is 1.41. The zero-order chi connectivity index (χ0) is 16.3. The molecule has 0 atom stereocenters. The van der Waals surface area contributed by atoms with Crippen LogP contribution in [-0.4, -0.2) is 25.0 Å². The molecule has 1 N–H and O–H groups in total. The van der Waals surface area contributed by atoms with E-state index >= 15 is 0 Å². The van der Waals surface area contributed by atoms with Crippen LogP contribution in [0.25, 0.3) is 0 Å². The average Bonchev–Trinajstić information content (AvgIpc) is 2.34. The number of hydrogen-bond acceptors (Lipinski definition) is 4. The largest absolute Gasteiger partial charge is 0.534 e. The van der Waals surface area contributed by atoms with Crippen molar-refractivity contribution in [1.82, 2.24) is 0 Å². The molecule has 1 aromatic carbocycles. The second-order valence-electron chi connectivity index (χ2n) is 3.99. The molecule has 9 heteroatoms. The van der Waals surface area contributed by atoms with Crippen molar-refractivity contribution in [2.45, 2.75) is 18.9 Å². The first-order valence-electron chi connectivity index (χ1n) is 5.52. The second-order valence-corrected chi connectivity index (χ2v) is 5.52. The normalized spacial score (nSPS) is 13.5. The van der Waals surface area contributed by atoms with E-state index in [1.165, 1.54) is 0 Å². The predicted octanol–water partition coefficient (Wildman–Crippen LogP) is 2.45. The van der Waals surface area contributed by atoms with Crippen LogP contribution >= 0.6 is 0 Å². The Balaban J connectivity index is 3.12. The maximum atomic E-state index is 12.2. The van der Waals surface area contributed by atoms with Gasteiger partial charge in [-0.05, 0) is 12.5 Å². The number of benzene rings is 1. The highest BCUT2D eigenvalue weighted by atomic mass is 32.2. The van der Waals surface area contributed by atoms with Gasteiger partial charge in [-0.2, -0.15) is 21.6 Å². The van der Waals surface area contributed by atoms with E-state index in [-0.39, 0.29) is 6.42 Å². The number of rotatable bonds is 5. The molecule has 0 radical (unpaired) electrons. The topological polar surface area (TPSA) is 80.7 Å². The molecule has 0 aliphatic rings. The van der Waals surface area contributed by atoms with Gasteiger partial charge in [-0.3, -0.25) is 0 Å². The van der Waals surface area contributed by atoms with Gasteiger partial charge in [0.05, 0.1) is 5.57 Å². The maximum Gasteiger partial charge on any atom is 0.534 e. The lowest BCUT2D eigenvalue weighted by Gasteiger charge is -2.12. The Kier molecular flexibility index (Phi) is 5.00. The number of carboxylic acids is 1. The Hall–Kier alpha value is -2.03. The highest BCUT2D eigenvalue weighted by Gasteiger charge is 2.48. The highest BCUT2D eigenvalue weighted by Crippen LogP contribution is 2.27.